The van der Waals surface area contributed by atoms with Crippen molar-refractivity contribution in [3.05, 3.63) is 65.0 Å². The van der Waals surface area contributed by atoms with Gasteiger partial charge in [0.05, 0.1) is 17.2 Å². The first-order valence-electron chi connectivity index (χ1n) is 6.62. The van der Waals surface area contributed by atoms with E-state index in [0.29, 0.717) is 12.1 Å². The van der Waals surface area contributed by atoms with Gasteiger partial charge in [0.25, 0.3) is 0 Å². The van der Waals surface area contributed by atoms with Crippen LogP contribution in [0.3, 0.4) is 0 Å². The smallest absolute Gasteiger partial charge is 0.293 e. The minimum Gasteiger partial charge on any atom is -0.293 e. The standard InChI is InChI=1S/C16H12F3NO/c17-16(18,19)12-5-1-3-11(9-12)15(21)13-7-6-10-4-2-8-20-14(10)13/h1-5,8-9,13H,6-7H2. The Kier molecular flexibility index (Phi) is 3.27. The highest BCUT2D eigenvalue weighted by atomic mass is 19.4. The second-order valence-corrected chi connectivity index (χ2v) is 5.08. The Morgan fingerprint density at radius 3 is 2.76 bits per heavy atom. The highest BCUT2D eigenvalue weighted by molar-refractivity contribution is 6.01. The number of fused-ring (bicyclic) bond motifs is 1. The van der Waals surface area contributed by atoms with E-state index in [0.717, 1.165) is 24.1 Å². The van der Waals surface area contributed by atoms with Crippen molar-refractivity contribution in [1.29, 1.82) is 0 Å². The van der Waals surface area contributed by atoms with E-state index >= 15 is 0 Å². The van der Waals surface area contributed by atoms with E-state index in [2.05, 4.69) is 4.98 Å². The fraction of sp³-hybridized carbons (Fsp3) is 0.250. The number of hydrogen-bond donors (Lipinski definition) is 0. The number of benzene rings is 1. The first-order chi connectivity index (χ1) is 9.97. The van der Waals surface area contributed by atoms with Crippen molar-refractivity contribution in [2.24, 2.45) is 0 Å². The third-order valence-electron chi connectivity index (χ3n) is 3.75. The van der Waals surface area contributed by atoms with E-state index in [-0.39, 0.29) is 11.3 Å². The lowest BCUT2D eigenvalue weighted by Crippen LogP contribution is -2.13. The Labute approximate surface area is 119 Å². The molecule has 1 atom stereocenters. The SMILES string of the molecule is O=C(c1cccc(C(F)(F)F)c1)C1CCc2cccnc21. The van der Waals surface area contributed by atoms with Crippen molar-refractivity contribution >= 4 is 5.78 Å². The van der Waals surface area contributed by atoms with E-state index in [4.69, 9.17) is 0 Å². The van der Waals surface area contributed by atoms with Crippen LogP contribution in [0.25, 0.3) is 0 Å². The van der Waals surface area contributed by atoms with Gasteiger partial charge in [-0.2, -0.15) is 13.2 Å². The van der Waals surface area contributed by atoms with Crippen LogP contribution in [0.15, 0.2) is 42.6 Å². The molecule has 3 rings (SSSR count). The Hall–Kier alpha value is -2.17. The van der Waals surface area contributed by atoms with Crippen LogP contribution in [0.4, 0.5) is 13.2 Å². The molecule has 0 spiro atoms. The average Bonchev–Trinajstić information content (AvgIpc) is 2.90. The molecule has 1 aromatic carbocycles. The Morgan fingerprint density at radius 2 is 2.00 bits per heavy atom. The van der Waals surface area contributed by atoms with E-state index in [1.807, 2.05) is 6.07 Å². The molecule has 1 unspecified atom stereocenters. The van der Waals surface area contributed by atoms with E-state index in [9.17, 15) is 18.0 Å². The van der Waals surface area contributed by atoms with Crippen LogP contribution in [0.2, 0.25) is 0 Å². The second-order valence-electron chi connectivity index (χ2n) is 5.08. The van der Waals surface area contributed by atoms with Gasteiger partial charge in [0.1, 0.15) is 0 Å². The van der Waals surface area contributed by atoms with Gasteiger partial charge >= 0.3 is 6.18 Å². The van der Waals surface area contributed by atoms with E-state index < -0.39 is 17.7 Å². The Balaban J connectivity index is 1.94. The highest BCUT2D eigenvalue weighted by Crippen LogP contribution is 2.35. The number of rotatable bonds is 2. The number of carbonyl (C=O) groups is 1. The summed E-state index contributed by atoms with van der Waals surface area (Å²) in [7, 11) is 0. The van der Waals surface area contributed by atoms with Crippen molar-refractivity contribution < 1.29 is 18.0 Å². The van der Waals surface area contributed by atoms with Gasteiger partial charge in [-0.05, 0) is 36.6 Å². The number of carbonyl (C=O) groups excluding carboxylic acids is 1. The van der Waals surface area contributed by atoms with Gasteiger partial charge in [-0.25, -0.2) is 0 Å². The van der Waals surface area contributed by atoms with Crippen molar-refractivity contribution in [2.45, 2.75) is 24.9 Å². The molecule has 0 radical (unpaired) electrons. The van der Waals surface area contributed by atoms with Crippen LogP contribution in [0.1, 0.15) is 39.5 Å². The molecule has 1 heterocycles. The maximum Gasteiger partial charge on any atom is 0.416 e. The minimum absolute atomic E-state index is 0.0910. The molecule has 1 aliphatic rings. The first-order valence-corrected chi connectivity index (χ1v) is 6.62. The monoisotopic (exact) mass is 291 g/mol. The van der Waals surface area contributed by atoms with Crippen LogP contribution in [-0.4, -0.2) is 10.8 Å². The van der Waals surface area contributed by atoms with Gasteiger partial charge in [-0.3, -0.25) is 9.78 Å². The van der Waals surface area contributed by atoms with Gasteiger partial charge < -0.3 is 0 Å². The molecule has 0 N–H and O–H groups in total. The van der Waals surface area contributed by atoms with Gasteiger partial charge in [0.2, 0.25) is 0 Å². The molecule has 0 aliphatic heterocycles. The van der Waals surface area contributed by atoms with E-state index in [1.54, 1.807) is 12.3 Å². The molecule has 2 nitrogen and oxygen atoms in total. The van der Waals surface area contributed by atoms with Crippen LogP contribution in [0, 0.1) is 0 Å². The predicted molar refractivity (Wildman–Crippen MR) is 71.1 cm³/mol. The molecule has 1 aromatic heterocycles. The molecule has 0 saturated carbocycles. The second kappa shape index (κ2) is 4.98. The zero-order valence-electron chi connectivity index (χ0n) is 11.0. The summed E-state index contributed by atoms with van der Waals surface area (Å²) in [5.41, 5.74) is 0.989. The topological polar surface area (TPSA) is 30.0 Å². The van der Waals surface area contributed by atoms with Gasteiger partial charge in [0, 0.05) is 11.8 Å². The maximum atomic E-state index is 12.7. The van der Waals surface area contributed by atoms with Crippen LogP contribution < -0.4 is 0 Å². The number of hydrogen-bond acceptors (Lipinski definition) is 2. The maximum absolute atomic E-state index is 12.7. The van der Waals surface area contributed by atoms with Gasteiger partial charge in [0.15, 0.2) is 5.78 Å². The van der Waals surface area contributed by atoms with Gasteiger partial charge in [-0.1, -0.05) is 18.2 Å². The summed E-state index contributed by atoms with van der Waals surface area (Å²) in [6.45, 7) is 0. The summed E-state index contributed by atoms with van der Waals surface area (Å²) in [5, 5.41) is 0. The molecule has 0 saturated heterocycles. The number of aryl methyl sites for hydroxylation is 1. The fourth-order valence-electron chi connectivity index (χ4n) is 2.72. The zero-order chi connectivity index (χ0) is 15.0. The number of ketones is 1. The first kappa shape index (κ1) is 13.8. The summed E-state index contributed by atoms with van der Waals surface area (Å²) < 4.78 is 38.2. The van der Waals surface area contributed by atoms with Crippen LogP contribution in [-0.2, 0) is 12.6 Å². The third-order valence-corrected chi connectivity index (χ3v) is 3.75. The number of nitrogens with zero attached hydrogens (tertiary/aromatic N) is 1. The molecule has 21 heavy (non-hydrogen) atoms. The molecule has 0 amide bonds. The van der Waals surface area contributed by atoms with Crippen LogP contribution in [0.5, 0.6) is 0 Å². The molecule has 5 heteroatoms. The molecule has 2 aromatic rings. The zero-order valence-corrected chi connectivity index (χ0v) is 11.0. The largest absolute Gasteiger partial charge is 0.416 e. The number of aromatic nitrogens is 1. The number of pyridine rings is 1. The molecular weight excluding hydrogens is 279 g/mol. The van der Waals surface area contributed by atoms with Crippen molar-refractivity contribution in [2.75, 3.05) is 0 Å². The lowest BCUT2D eigenvalue weighted by Gasteiger charge is -2.12. The Morgan fingerprint density at radius 1 is 1.19 bits per heavy atom. The van der Waals surface area contributed by atoms with Crippen LogP contribution >= 0.6 is 0 Å². The lowest BCUT2D eigenvalue weighted by molar-refractivity contribution is -0.137. The fourth-order valence-corrected chi connectivity index (χ4v) is 2.72. The molecule has 108 valence electrons. The summed E-state index contributed by atoms with van der Waals surface area (Å²) in [4.78, 5) is 16.7. The van der Waals surface area contributed by atoms with E-state index in [1.165, 1.54) is 12.1 Å². The number of Topliss-reactive ketones (excluding diaryl/α,β-unsaturated/α-hetero) is 1. The normalized spacial score (nSPS) is 17.6. The molecule has 1 aliphatic carbocycles. The third kappa shape index (κ3) is 2.55. The Bertz CT molecular complexity index is 694. The summed E-state index contributed by atoms with van der Waals surface area (Å²) >= 11 is 0. The number of halogens is 3. The molecular formula is C16H12F3NO. The van der Waals surface area contributed by atoms with Crippen molar-refractivity contribution in [3.63, 3.8) is 0 Å². The number of alkyl halides is 3. The summed E-state index contributed by atoms with van der Waals surface area (Å²) in [5.74, 6) is -0.733. The predicted octanol–water partition coefficient (Wildman–Crippen LogP) is 4.01. The summed E-state index contributed by atoms with van der Waals surface area (Å²) in [6.07, 6.45) is -1.50. The molecule has 0 fully saturated rings. The average molecular weight is 291 g/mol. The van der Waals surface area contributed by atoms with Crippen molar-refractivity contribution in [1.82, 2.24) is 4.98 Å². The van der Waals surface area contributed by atoms with Crippen molar-refractivity contribution in [3.8, 4) is 0 Å². The quantitative estimate of drug-likeness (QED) is 0.782. The minimum atomic E-state index is -4.44. The highest BCUT2D eigenvalue weighted by Gasteiger charge is 2.33. The lowest BCUT2D eigenvalue weighted by atomic mass is 9.94. The summed E-state index contributed by atoms with van der Waals surface area (Å²) in [6, 6.07) is 8.29. The van der Waals surface area contributed by atoms with Gasteiger partial charge in [-0.15, -0.1) is 0 Å². The molecule has 0 bridgehead atoms.